The molecule has 0 aliphatic heterocycles. The normalized spacial score (nSPS) is 10.4. The Balaban J connectivity index is 1.36. The van der Waals surface area contributed by atoms with Crippen molar-refractivity contribution in [2.75, 3.05) is 11.9 Å². The highest BCUT2D eigenvalue weighted by Gasteiger charge is 2.12. The van der Waals surface area contributed by atoms with Gasteiger partial charge >= 0.3 is 0 Å². The Kier molecular flexibility index (Phi) is 7.06. The predicted molar refractivity (Wildman–Crippen MR) is 123 cm³/mol. The van der Waals surface area contributed by atoms with Crippen LogP contribution >= 0.6 is 0 Å². The van der Waals surface area contributed by atoms with Gasteiger partial charge < -0.3 is 14.8 Å². The van der Waals surface area contributed by atoms with E-state index in [0.29, 0.717) is 23.9 Å². The molecule has 0 atom stereocenters. The largest absolute Gasteiger partial charge is 0.485 e. The van der Waals surface area contributed by atoms with Gasteiger partial charge in [0.15, 0.2) is 18.2 Å². The molecule has 2 heterocycles. The number of nitrogens with zero attached hydrogens (tertiary/aromatic N) is 2. The molecule has 0 saturated heterocycles. The van der Waals surface area contributed by atoms with Crippen LogP contribution in [0.3, 0.4) is 0 Å². The van der Waals surface area contributed by atoms with Crippen molar-refractivity contribution in [2.45, 2.75) is 13.0 Å². The van der Waals surface area contributed by atoms with Gasteiger partial charge in [0.1, 0.15) is 12.4 Å². The van der Waals surface area contributed by atoms with Gasteiger partial charge in [-0.15, -0.1) is 0 Å². The maximum Gasteiger partial charge on any atom is 0.263 e. The number of hydrogen-bond acceptors (Lipinski definition) is 5. The molecular weight excluding hydrogens is 402 g/mol. The average Bonchev–Trinajstić information content (AvgIpc) is 2.84. The monoisotopic (exact) mass is 425 g/mol. The second-order valence-electron chi connectivity index (χ2n) is 7.10. The molecule has 0 bridgehead atoms. The number of hydrogen-bond donors (Lipinski definition) is 1. The number of para-hydroxylation sites is 1. The smallest absolute Gasteiger partial charge is 0.263 e. The molecule has 4 aromatic rings. The first kappa shape index (κ1) is 21.1. The summed E-state index contributed by atoms with van der Waals surface area (Å²) in [6, 6.07) is 25.1. The van der Waals surface area contributed by atoms with E-state index in [9.17, 15) is 4.79 Å². The Morgan fingerprint density at radius 2 is 1.50 bits per heavy atom. The summed E-state index contributed by atoms with van der Waals surface area (Å²) in [6.45, 7) is 0.215. The molecule has 160 valence electrons. The molecule has 0 fully saturated rings. The summed E-state index contributed by atoms with van der Waals surface area (Å²) < 4.78 is 11.7. The molecule has 4 rings (SSSR count). The van der Waals surface area contributed by atoms with Crippen LogP contribution in [-0.4, -0.2) is 22.5 Å². The molecule has 0 spiro atoms. The number of pyridine rings is 2. The van der Waals surface area contributed by atoms with Crippen molar-refractivity contribution in [2.24, 2.45) is 0 Å². The van der Waals surface area contributed by atoms with E-state index in [1.54, 1.807) is 30.7 Å². The number of anilines is 1. The fourth-order valence-corrected chi connectivity index (χ4v) is 3.16. The third kappa shape index (κ3) is 5.92. The Morgan fingerprint density at radius 3 is 2.34 bits per heavy atom. The van der Waals surface area contributed by atoms with Crippen LogP contribution in [0.2, 0.25) is 0 Å². The lowest BCUT2D eigenvalue weighted by atomic mass is 10.0. The lowest BCUT2D eigenvalue weighted by Crippen LogP contribution is -2.21. The summed E-state index contributed by atoms with van der Waals surface area (Å²) >= 11 is 0. The lowest BCUT2D eigenvalue weighted by molar-refractivity contribution is -0.118. The molecule has 0 saturated carbocycles. The van der Waals surface area contributed by atoms with Crippen molar-refractivity contribution in [3.05, 3.63) is 114 Å². The van der Waals surface area contributed by atoms with Crippen molar-refractivity contribution in [3.8, 4) is 11.5 Å². The molecular formula is C26H23N3O3. The van der Waals surface area contributed by atoms with Crippen LogP contribution in [0.1, 0.15) is 16.7 Å². The highest BCUT2D eigenvalue weighted by molar-refractivity contribution is 5.92. The van der Waals surface area contributed by atoms with Gasteiger partial charge in [0.2, 0.25) is 0 Å². The molecule has 1 N–H and O–H groups in total. The molecule has 0 aliphatic rings. The van der Waals surface area contributed by atoms with Gasteiger partial charge in [-0.2, -0.15) is 0 Å². The second-order valence-corrected chi connectivity index (χ2v) is 7.10. The maximum atomic E-state index is 12.5. The topological polar surface area (TPSA) is 73.3 Å². The zero-order valence-electron chi connectivity index (χ0n) is 17.5. The maximum absolute atomic E-state index is 12.5. The first-order chi connectivity index (χ1) is 15.8. The van der Waals surface area contributed by atoms with Crippen LogP contribution in [0.4, 0.5) is 5.82 Å². The molecule has 32 heavy (non-hydrogen) atoms. The molecule has 2 aromatic carbocycles. The summed E-state index contributed by atoms with van der Waals surface area (Å²) in [5.41, 5.74) is 3.17. The number of carbonyl (C=O) groups is 1. The van der Waals surface area contributed by atoms with Crippen molar-refractivity contribution in [3.63, 3.8) is 0 Å². The third-order valence-electron chi connectivity index (χ3n) is 4.74. The Labute approximate surface area is 186 Å². The van der Waals surface area contributed by atoms with Gasteiger partial charge in [-0.3, -0.25) is 9.78 Å². The molecule has 6 nitrogen and oxygen atoms in total. The van der Waals surface area contributed by atoms with Gasteiger partial charge in [-0.05, 0) is 47.0 Å². The molecule has 0 unspecified atom stereocenters. The van der Waals surface area contributed by atoms with Crippen LogP contribution in [-0.2, 0) is 17.8 Å². The minimum atomic E-state index is -0.313. The van der Waals surface area contributed by atoms with Crippen LogP contribution in [0.25, 0.3) is 0 Å². The predicted octanol–water partition coefficient (Wildman–Crippen LogP) is 4.66. The lowest BCUT2D eigenvalue weighted by Gasteiger charge is -2.13. The van der Waals surface area contributed by atoms with Gasteiger partial charge in [0.05, 0.1) is 0 Å². The first-order valence-electron chi connectivity index (χ1n) is 10.3. The standard InChI is InChI=1S/C26H23N3O3/c30-25(19-32-23-10-5-4-9-22(23)17-20-7-2-1-3-8-20)29-26-24(11-6-14-28-26)31-18-21-12-15-27-16-13-21/h1-16H,17-19H2,(H,28,29,30). The second kappa shape index (κ2) is 10.7. The van der Waals surface area contributed by atoms with E-state index < -0.39 is 0 Å². The van der Waals surface area contributed by atoms with Crippen molar-refractivity contribution in [1.82, 2.24) is 9.97 Å². The number of rotatable bonds is 9. The van der Waals surface area contributed by atoms with E-state index in [1.165, 1.54) is 5.56 Å². The fourth-order valence-electron chi connectivity index (χ4n) is 3.16. The molecule has 1 amide bonds. The van der Waals surface area contributed by atoms with E-state index in [1.807, 2.05) is 54.6 Å². The summed E-state index contributed by atoms with van der Waals surface area (Å²) in [6.07, 6.45) is 5.74. The van der Waals surface area contributed by atoms with E-state index in [4.69, 9.17) is 9.47 Å². The number of benzene rings is 2. The van der Waals surface area contributed by atoms with E-state index in [-0.39, 0.29) is 12.5 Å². The minimum Gasteiger partial charge on any atom is -0.485 e. The molecule has 0 radical (unpaired) electrons. The summed E-state index contributed by atoms with van der Waals surface area (Å²) in [5, 5.41) is 2.77. The summed E-state index contributed by atoms with van der Waals surface area (Å²) in [7, 11) is 0. The SMILES string of the molecule is O=C(COc1ccccc1Cc1ccccc1)Nc1ncccc1OCc1ccncc1. The van der Waals surface area contributed by atoms with Gasteiger partial charge in [0, 0.05) is 25.0 Å². The Morgan fingerprint density at radius 1 is 0.750 bits per heavy atom. The first-order valence-corrected chi connectivity index (χ1v) is 10.3. The van der Waals surface area contributed by atoms with Crippen molar-refractivity contribution >= 4 is 11.7 Å². The Bertz CT molecular complexity index is 1150. The van der Waals surface area contributed by atoms with Crippen molar-refractivity contribution < 1.29 is 14.3 Å². The number of amides is 1. The quantitative estimate of drug-likeness (QED) is 0.422. The number of ether oxygens (including phenoxy) is 2. The van der Waals surface area contributed by atoms with Crippen molar-refractivity contribution in [1.29, 1.82) is 0 Å². The molecule has 0 aliphatic carbocycles. The van der Waals surface area contributed by atoms with Crippen LogP contribution in [0, 0.1) is 0 Å². The number of aromatic nitrogens is 2. The van der Waals surface area contributed by atoms with Gasteiger partial charge in [-0.25, -0.2) is 4.98 Å². The average molecular weight is 425 g/mol. The summed E-state index contributed by atoms with van der Waals surface area (Å²) in [5.74, 6) is 1.21. The van der Waals surface area contributed by atoms with Gasteiger partial charge in [-0.1, -0.05) is 48.5 Å². The molecule has 2 aromatic heterocycles. The zero-order chi connectivity index (χ0) is 22.0. The fraction of sp³-hybridized carbons (Fsp3) is 0.115. The van der Waals surface area contributed by atoms with Crippen LogP contribution < -0.4 is 14.8 Å². The van der Waals surface area contributed by atoms with Crippen LogP contribution in [0.5, 0.6) is 11.5 Å². The van der Waals surface area contributed by atoms with E-state index >= 15 is 0 Å². The van der Waals surface area contributed by atoms with Crippen LogP contribution in [0.15, 0.2) is 97.5 Å². The Hall–Kier alpha value is -4.19. The minimum absolute atomic E-state index is 0.133. The highest BCUT2D eigenvalue weighted by atomic mass is 16.5. The van der Waals surface area contributed by atoms with Gasteiger partial charge in [0.25, 0.3) is 5.91 Å². The van der Waals surface area contributed by atoms with E-state index in [2.05, 4.69) is 27.4 Å². The zero-order valence-corrected chi connectivity index (χ0v) is 17.5. The highest BCUT2D eigenvalue weighted by Crippen LogP contribution is 2.23. The summed E-state index contributed by atoms with van der Waals surface area (Å²) in [4.78, 5) is 20.8. The third-order valence-corrected chi connectivity index (χ3v) is 4.74. The van der Waals surface area contributed by atoms with E-state index in [0.717, 1.165) is 17.5 Å². The number of carbonyl (C=O) groups excluding carboxylic acids is 1. The number of nitrogens with one attached hydrogen (secondary N) is 1. The molecule has 6 heteroatoms.